The first-order chi connectivity index (χ1) is 12.6. The molecular weight excluding hydrogens is 340 g/mol. The quantitative estimate of drug-likeness (QED) is 0.796. The molecule has 0 spiro atoms. The van der Waals surface area contributed by atoms with Gasteiger partial charge in [0.15, 0.2) is 0 Å². The number of ether oxygens (including phenoxy) is 2. The van der Waals surface area contributed by atoms with Crippen molar-refractivity contribution in [3.63, 3.8) is 0 Å². The highest BCUT2D eigenvalue weighted by molar-refractivity contribution is 5.92. The highest BCUT2D eigenvalue weighted by Gasteiger charge is 2.43. The number of amides is 1. The fraction of sp³-hybridized carbons (Fsp3) is 0.588. The minimum absolute atomic E-state index is 0.0158. The molecule has 4 rings (SSSR count). The molecule has 4 heterocycles. The number of carbonyl (C=O) groups excluding carboxylic acids is 1. The van der Waals surface area contributed by atoms with E-state index in [-0.39, 0.29) is 23.8 Å². The van der Waals surface area contributed by atoms with Gasteiger partial charge in [0.2, 0.25) is 5.76 Å². The Kier molecular flexibility index (Phi) is 4.41. The number of aromatic nitrogens is 2. The zero-order valence-electron chi connectivity index (χ0n) is 15.1. The highest BCUT2D eigenvalue weighted by atomic mass is 16.5. The summed E-state index contributed by atoms with van der Waals surface area (Å²) in [6, 6.07) is 1.64. The highest BCUT2D eigenvalue weighted by Crippen LogP contribution is 2.27. The van der Waals surface area contributed by atoms with Crippen molar-refractivity contribution in [3.8, 4) is 5.88 Å². The van der Waals surface area contributed by atoms with Crippen LogP contribution in [0.15, 0.2) is 15.1 Å². The van der Waals surface area contributed by atoms with Gasteiger partial charge in [0.1, 0.15) is 5.76 Å². The Hall–Kier alpha value is -2.39. The minimum Gasteiger partial charge on any atom is -0.479 e. The Balaban J connectivity index is 1.48. The molecule has 2 saturated heterocycles. The number of fused-ring (bicyclic) bond motifs is 1. The number of methoxy groups -OCH3 is 1. The topological polar surface area (TPSA) is 94.1 Å². The molecule has 0 aromatic carbocycles. The molecule has 2 atom stereocenters. The summed E-state index contributed by atoms with van der Waals surface area (Å²) < 4.78 is 21.2. The van der Waals surface area contributed by atoms with E-state index < -0.39 is 0 Å². The van der Waals surface area contributed by atoms with Crippen molar-refractivity contribution in [1.82, 2.24) is 20.1 Å². The number of likely N-dealkylation sites (tertiary alicyclic amines) is 1. The van der Waals surface area contributed by atoms with Crippen LogP contribution in [-0.2, 0) is 11.3 Å². The lowest BCUT2D eigenvalue weighted by Crippen LogP contribution is -2.50. The van der Waals surface area contributed by atoms with Crippen molar-refractivity contribution in [2.75, 3.05) is 33.4 Å². The normalized spacial score (nSPS) is 23.3. The van der Waals surface area contributed by atoms with Crippen LogP contribution in [0.5, 0.6) is 5.88 Å². The first kappa shape index (κ1) is 17.0. The second-order valence-corrected chi connectivity index (χ2v) is 6.69. The van der Waals surface area contributed by atoms with Crippen LogP contribution in [0.2, 0.25) is 0 Å². The van der Waals surface area contributed by atoms with E-state index in [1.54, 1.807) is 4.90 Å². The second-order valence-electron chi connectivity index (χ2n) is 6.69. The molecule has 0 N–H and O–H groups in total. The Bertz CT molecular complexity index is 781. The van der Waals surface area contributed by atoms with Crippen LogP contribution in [0.4, 0.5) is 0 Å². The fourth-order valence-electron chi connectivity index (χ4n) is 3.66. The summed E-state index contributed by atoms with van der Waals surface area (Å²) in [5.74, 6) is 1.11. The monoisotopic (exact) mass is 362 g/mol. The average molecular weight is 362 g/mol. The van der Waals surface area contributed by atoms with Crippen molar-refractivity contribution >= 4 is 5.91 Å². The first-order valence-corrected chi connectivity index (χ1v) is 8.64. The summed E-state index contributed by atoms with van der Waals surface area (Å²) in [7, 11) is 1.48. The summed E-state index contributed by atoms with van der Waals surface area (Å²) in [5, 5.41) is 7.73. The molecule has 0 bridgehead atoms. The summed E-state index contributed by atoms with van der Waals surface area (Å²) in [4.78, 5) is 16.8. The molecule has 2 aromatic heterocycles. The number of hydrogen-bond donors (Lipinski definition) is 0. The molecule has 2 aliphatic heterocycles. The van der Waals surface area contributed by atoms with Gasteiger partial charge in [-0.3, -0.25) is 9.69 Å². The SMILES string of the molecule is COc1cc(C(=O)N2CC3OCCN(Cc4c(C)noc4C)C3C2)on1. The molecule has 2 fully saturated rings. The van der Waals surface area contributed by atoms with Crippen molar-refractivity contribution in [2.24, 2.45) is 0 Å². The molecule has 9 nitrogen and oxygen atoms in total. The Morgan fingerprint density at radius 1 is 1.31 bits per heavy atom. The van der Waals surface area contributed by atoms with E-state index in [0.29, 0.717) is 25.6 Å². The number of carbonyl (C=O) groups is 1. The van der Waals surface area contributed by atoms with Crippen molar-refractivity contribution in [3.05, 3.63) is 28.8 Å². The van der Waals surface area contributed by atoms with Crippen molar-refractivity contribution in [2.45, 2.75) is 32.5 Å². The van der Waals surface area contributed by atoms with Gasteiger partial charge in [0, 0.05) is 31.7 Å². The van der Waals surface area contributed by atoms with Crippen LogP contribution >= 0.6 is 0 Å². The number of rotatable bonds is 4. The van der Waals surface area contributed by atoms with Gasteiger partial charge >= 0.3 is 0 Å². The van der Waals surface area contributed by atoms with E-state index in [4.69, 9.17) is 18.5 Å². The number of hydrogen-bond acceptors (Lipinski definition) is 8. The summed E-state index contributed by atoms with van der Waals surface area (Å²) >= 11 is 0. The van der Waals surface area contributed by atoms with Crippen LogP contribution in [0, 0.1) is 13.8 Å². The van der Waals surface area contributed by atoms with E-state index in [1.807, 2.05) is 13.8 Å². The van der Waals surface area contributed by atoms with E-state index in [0.717, 1.165) is 30.1 Å². The molecule has 2 aliphatic rings. The zero-order chi connectivity index (χ0) is 18.3. The van der Waals surface area contributed by atoms with Crippen LogP contribution in [0.25, 0.3) is 0 Å². The van der Waals surface area contributed by atoms with E-state index in [2.05, 4.69) is 15.2 Å². The zero-order valence-corrected chi connectivity index (χ0v) is 15.1. The first-order valence-electron chi connectivity index (χ1n) is 8.64. The van der Waals surface area contributed by atoms with Crippen molar-refractivity contribution < 1.29 is 23.3 Å². The van der Waals surface area contributed by atoms with Crippen LogP contribution < -0.4 is 4.74 Å². The maximum absolute atomic E-state index is 12.7. The average Bonchev–Trinajstić information content (AvgIpc) is 3.36. The summed E-state index contributed by atoms with van der Waals surface area (Å²) in [6.07, 6.45) is -0.0158. The van der Waals surface area contributed by atoms with Crippen molar-refractivity contribution in [1.29, 1.82) is 0 Å². The van der Waals surface area contributed by atoms with Gasteiger partial charge in [-0.15, -0.1) is 0 Å². The number of nitrogens with zero attached hydrogens (tertiary/aromatic N) is 4. The predicted molar refractivity (Wildman–Crippen MR) is 88.9 cm³/mol. The van der Waals surface area contributed by atoms with Gasteiger partial charge in [-0.1, -0.05) is 5.16 Å². The van der Waals surface area contributed by atoms with Crippen LogP contribution in [0.3, 0.4) is 0 Å². The van der Waals surface area contributed by atoms with Gasteiger partial charge in [-0.2, -0.15) is 0 Å². The molecule has 1 amide bonds. The third-order valence-electron chi connectivity index (χ3n) is 5.15. The lowest BCUT2D eigenvalue weighted by Gasteiger charge is -2.36. The number of aryl methyl sites for hydroxylation is 2. The standard InChI is InChI=1S/C17H22N4O5/c1-10-12(11(2)25-18-10)7-20-4-5-24-15-9-21(8-13(15)20)17(22)14-6-16(23-3)19-26-14/h6,13,15H,4-5,7-9H2,1-3H3. The lowest BCUT2D eigenvalue weighted by atomic mass is 10.1. The summed E-state index contributed by atoms with van der Waals surface area (Å²) in [5.41, 5.74) is 2.01. The van der Waals surface area contributed by atoms with Crippen LogP contribution in [-0.4, -0.2) is 71.5 Å². The molecule has 0 saturated carbocycles. The third-order valence-corrected chi connectivity index (χ3v) is 5.15. The predicted octanol–water partition coefficient (Wildman–Crippen LogP) is 1.01. The molecule has 9 heteroatoms. The lowest BCUT2D eigenvalue weighted by molar-refractivity contribution is -0.0505. The van der Waals surface area contributed by atoms with Gasteiger partial charge in [-0.25, -0.2) is 0 Å². The molecule has 2 aromatic rings. The Morgan fingerprint density at radius 3 is 2.85 bits per heavy atom. The molecule has 0 radical (unpaired) electrons. The van der Waals surface area contributed by atoms with Gasteiger partial charge in [0.25, 0.3) is 11.8 Å². The smallest absolute Gasteiger partial charge is 0.292 e. The minimum atomic E-state index is -0.198. The molecule has 140 valence electrons. The van der Waals surface area contributed by atoms with Gasteiger partial charge in [0.05, 0.1) is 37.6 Å². The van der Waals surface area contributed by atoms with E-state index >= 15 is 0 Å². The molecular formula is C17H22N4O5. The Morgan fingerprint density at radius 2 is 2.15 bits per heavy atom. The third kappa shape index (κ3) is 2.97. The largest absolute Gasteiger partial charge is 0.479 e. The summed E-state index contributed by atoms with van der Waals surface area (Å²) in [6.45, 7) is 7.18. The van der Waals surface area contributed by atoms with Crippen LogP contribution in [0.1, 0.15) is 27.6 Å². The van der Waals surface area contributed by atoms with Gasteiger partial charge < -0.3 is 23.4 Å². The fourth-order valence-corrected chi connectivity index (χ4v) is 3.66. The molecule has 0 aliphatic carbocycles. The Labute approximate surface area is 150 Å². The van der Waals surface area contributed by atoms with E-state index in [1.165, 1.54) is 13.2 Å². The molecule has 2 unspecified atom stereocenters. The van der Waals surface area contributed by atoms with E-state index in [9.17, 15) is 4.79 Å². The maximum atomic E-state index is 12.7. The van der Waals surface area contributed by atoms with Gasteiger partial charge in [-0.05, 0) is 19.0 Å². The second kappa shape index (κ2) is 6.73. The number of morpholine rings is 1. The maximum Gasteiger partial charge on any atom is 0.292 e. The molecule has 26 heavy (non-hydrogen) atoms.